The van der Waals surface area contributed by atoms with Crippen molar-refractivity contribution in [2.75, 3.05) is 0 Å². The van der Waals surface area contributed by atoms with Gasteiger partial charge in [-0.3, -0.25) is 4.68 Å². The maximum atomic E-state index is 10.9. The second kappa shape index (κ2) is 5.33. The summed E-state index contributed by atoms with van der Waals surface area (Å²) >= 11 is 3.64. The van der Waals surface area contributed by atoms with E-state index in [9.17, 15) is 5.11 Å². The molecule has 4 heteroatoms. The number of hydrogen-bond acceptors (Lipinski definition) is 2. The Morgan fingerprint density at radius 3 is 2.78 bits per heavy atom. The SMILES string of the molecule is CCc1nn(C)c(CC2(O)CCCC2CC)c1Br. The first-order chi connectivity index (χ1) is 8.51. The summed E-state index contributed by atoms with van der Waals surface area (Å²) in [4.78, 5) is 0. The average Bonchev–Trinajstić information content (AvgIpc) is 2.84. The van der Waals surface area contributed by atoms with E-state index in [0.29, 0.717) is 5.92 Å². The summed E-state index contributed by atoms with van der Waals surface area (Å²) in [5, 5.41) is 15.4. The zero-order valence-electron chi connectivity index (χ0n) is 11.5. The molecule has 3 nitrogen and oxygen atoms in total. The Balaban J connectivity index is 2.26. The van der Waals surface area contributed by atoms with Crippen molar-refractivity contribution in [1.82, 2.24) is 9.78 Å². The molecule has 1 saturated carbocycles. The zero-order valence-corrected chi connectivity index (χ0v) is 13.1. The van der Waals surface area contributed by atoms with Crippen LogP contribution in [0.4, 0.5) is 0 Å². The number of aliphatic hydroxyl groups is 1. The Kier molecular flexibility index (Phi) is 4.17. The second-order valence-electron chi connectivity index (χ2n) is 5.46. The van der Waals surface area contributed by atoms with Gasteiger partial charge >= 0.3 is 0 Å². The molecule has 0 aliphatic heterocycles. The predicted molar refractivity (Wildman–Crippen MR) is 76.6 cm³/mol. The summed E-state index contributed by atoms with van der Waals surface area (Å²) in [6, 6.07) is 0. The molecule has 0 radical (unpaired) electrons. The summed E-state index contributed by atoms with van der Waals surface area (Å²) in [7, 11) is 1.97. The van der Waals surface area contributed by atoms with Gasteiger partial charge in [0.15, 0.2) is 0 Å². The highest BCUT2D eigenvalue weighted by Crippen LogP contribution is 2.41. The van der Waals surface area contributed by atoms with Crippen molar-refractivity contribution < 1.29 is 5.11 Å². The van der Waals surface area contributed by atoms with Gasteiger partial charge in [0.2, 0.25) is 0 Å². The number of aryl methyl sites for hydroxylation is 2. The molecule has 0 amide bonds. The molecule has 0 bridgehead atoms. The summed E-state index contributed by atoms with van der Waals surface area (Å²) in [6.07, 6.45) is 5.92. The lowest BCUT2D eigenvalue weighted by Gasteiger charge is -2.29. The molecular formula is C14H23BrN2O. The summed E-state index contributed by atoms with van der Waals surface area (Å²) in [5.74, 6) is 0.435. The molecule has 1 fully saturated rings. The van der Waals surface area contributed by atoms with Gasteiger partial charge in [-0.05, 0) is 41.1 Å². The Morgan fingerprint density at radius 2 is 2.22 bits per heavy atom. The van der Waals surface area contributed by atoms with E-state index in [1.54, 1.807) is 0 Å². The first-order valence-corrected chi connectivity index (χ1v) is 7.73. The Bertz CT molecular complexity index is 430. The molecule has 1 aliphatic rings. The molecule has 1 aromatic rings. The standard InChI is InChI=1S/C14H23BrN2O/c1-4-10-7-6-8-14(10,18)9-12-13(15)11(5-2)16-17(12)3/h10,18H,4-9H2,1-3H3. The van der Waals surface area contributed by atoms with Crippen LogP contribution in [0.25, 0.3) is 0 Å². The van der Waals surface area contributed by atoms with E-state index in [1.165, 1.54) is 0 Å². The lowest BCUT2D eigenvalue weighted by Crippen LogP contribution is -2.36. The van der Waals surface area contributed by atoms with Crippen LogP contribution in [0, 0.1) is 5.92 Å². The predicted octanol–water partition coefficient (Wildman–Crippen LogP) is 3.23. The van der Waals surface area contributed by atoms with Crippen molar-refractivity contribution in [1.29, 1.82) is 0 Å². The largest absolute Gasteiger partial charge is 0.389 e. The lowest BCUT2D eigenvalue weighted by molar-refractivity contribution is -0.000255. The number of rotatable bonds is 4. The maximum absolute atomic E-state index is 10.9. The highest BCUT2D eigenvalue weighted by Gasteiger charge is 2.41. The van der Waals surface area contributed by atoms with E-state index >= 15 is 0 Å². The Labute approximate surface area is 118 Å². The normalized spacial score (nSPS) is 27.9. The van der Waals surface area contributed by atoms with E-state index in [0.717, 1.165) is 54.4 Å². The molecule has 1 aliphatic carbocycles. The van der Waals surface area contributed by atoms with Gasteiger partial charge < -0.3 is 5.11 Å². The third kappa shape index (κ3) is 2.37. The molecule has 1 N–H and O–H groups in total. The van der Waals surface area contributed by atoms with Gasteiger partial charge in [0.1, 0.15) is 0 Å². The van der Waals surface area contributed by atoms with Crippen molar-refractivity contribution >= 4 is 15.9 Å². The van der Waals surface area contributed by atoms with E-state index < -0.39 is 5.60 Å². The molecule has 1 heterocycles. The minimum atomic E-state index is -0.532. The summed E-state index contributed by atoms with van der Waals surface area (Å²) in [6.45, 7) is 4.28. The molecule has 18 heavy (non-hydrogen) atoms. The fraction of sp³-hybridized carbons (Fsp3) is 0.786. The summed E-state index contributed by atoms with van der Waals surface area (Å²) < 4.78 is 3.01. The number of hydrogen-bond donors (Lipinski definition) is 1. The van der Waals surface area contributed by atoms with Crippen LogP contribution in [0.15, 0.2) is 4.47 Å². The van der Waals surface area contributed by atoms with Crippen molar-refractivity contribution in [3.05, 3.63) is 15.9 Å². The van der Waals surface area contributed by atoms with Gasteiger partial charge in [-0.15, -0.1) is 0 Å². The smallest absolute Gasteiger partial charge is 0.0766 e. The maximum Gasteiger partial charge on any atom is 0.0766 e. The van der Waals surface area contributed by atoms with Gasteiger partial charge in [0.25, 0.3) is 0 Å². The second-order valence-corrected chi connectivity index (χ2v) is 6.26. The fourth-order valence-corrected chi connectivity index (χ4v) is 4.00. The van der Waals surface area contributed by atoms with Gasteiger partial charge in [0.05, 0.1) is 21.5 Å². The molecule has 102 valence electrons. The third-order valence-electron chi connectivity index (χ3n) is 4.39. The lowest BCUT2D eigenvalue weighted by atomic mass is 9.84. The first kappa shape index (κ1) is 14.1. The van der Waals surface area contributed by atoms with Crippen LogP contribution in [0.2, 0.25) is 0 Å². The van der Waals surface area contributed by atoms with Crippen LogP contribution >= 0.6 is 15.9 Å². The van der Waals surface area contributed by atoms with Crippen LogP contribution in [-0.4, -0.2) is 20.5 Å². The molecule has 2 atom stereocenters. The van der Waals surface area contributed by atoms with Crippen LogP contribution < -0.4 is 0 Å². The van der Waals surface area contributed by atoms with E-state index in [2.05, 4.69) is 34.9 Å². The third-order valence-corrected chi connectivity index (χ3v) is 5.31. The molecule has 2 unspecified atom stereocenters. The van der Waals surface area contributed by atoms with E-state index in [4.69, 9.17) is 0 Å². The van der Waals surface area contributed by atoms with Crippen molar-refractivity contribution in [2.24, 2.45) is 13.0 Å². The van der Waals surface area contributed by atoms with Crippen molar-refractivity contribution in [3.63, 3.8) is 0 Å². The minimum Gasteiger partial charge on any atom is -0.389 e. The van der Waals surface area contributed by atoms with E-state index in [-0.39, 0.29) is 0 Å². The monoisotopic (exact) mass is 314 g/mol. The molecule has 1 aromatic heterocycles. The highest BCUT2D eigenvalue weighted by atomic mass is 79.9. The van der Waals surface area contributed by atoms with Gasteiger partial charge in [-0.2, -0.15) is 5.10 Å². The molecule has 2 rings (SSSR count). The molecule has 0 saturated heterocycles. The number of aromatic nitrogens is 2. The minimum absolute atomic E-state index is 0.435. The van der Waals surface area contributed by atoms with Crippen LogP contribution in [0.5, 0.6) is 0 Å². The fourth-order valence-electron chi connectivity index (χ4n) is 3.25. The average molecular weight is 315 g/mol. The molecule has 0 aromatic carbocycles. The Morgan fingerprint density at radius 1 is 1.50 bits per heavy atom. The van der Waals surface area contributed by atoms with Crippen molar-refractivity contribution in [2.45, 2.75) is 58.0 Å². The van der Waals surface area contributed by atoms with Crippen molar-refractivity contribution in [3.8, 4) is 0 Å². The van der Waals surface area contributed by atoms with Gasteiger partial charge in [-0.25, -0.2) is 0 Å². The molecule has 0 spiro atoms. The van der Waals surface area contributed by atoms with Gasteiger partial charge in [0, 0.05) is 13.5 Å². The topological polar surface area (TPSA) is 38.0 Å². The number of nitrogens with zero attached hydrogens (tertiary/aromatic N) is 2. The first-order valence-electron chi connectivity index (χ1n) is 6.94. The van der Waals surface area contributed by atoms with Gasteiger partial charge in [-0.1, -0.05) is 26.7 Å². The summed E-state index contributed by atoms with van der Waals surface area (Å²) in [5.41, 5.74) is 1.69. The number of halogens is 1. The highest BCUT2D eigenvalue weighted by molar-refractivity contribution is 9.10. The molecular weight excluding hydrogens is 292 g/mol. The quantitative estimate of drug-likeness (QED) is 0.926. The van der Waals surface area contributed by atoms with Crippen LogP contribution in [-0.2, 0) is 19.9 Å². The van der Waals surface area contributed by atoms with Crippen LogP contribution in [0.1, 0.15) is 50.9 Å². The zero-order chi connectivity index (χ0) is 13.3. The Hall–Kier alpha value is -0.350. The van der Waals surface area contributed by atoms with Crippen LogP contribution in [0.3, 0.4) is 0 Å². The van der Waals surface area contributed by atoms with E-state index in [1.807, 2.05) is 11.7 Å².